The SMILES string of the molecule is NN=C(C=Nc1ccc(F)cc1)COc1ncc(Cl)cn1. The van der Waals surface area contributed by atoms with Crippen LogP contribution in [-0.2, 0) is 0 Å². The first-order valence-electron chi connectivity index (χ1n) is 5.84. The highest BCUT2D eigenvalue weighted by Gasteiger charge is 2.01. The molecule has 0 aliphatic rings. The Morgan fingerprint density at radius 1 is 1.29 bits per heavy atom. The first-order valence-corrected chi connectivity index (χ1v) is 6.22. The second kappa shape index (κ2) is 7.30. The van der Waals surface area contributed by atoms with Crippen LogP contribution < -0.4 is 10.6 Å². The molecule has 0 spiro atoms. The number of hydrogen-bond donors (Lipinski definition) is 1. The van der Waals surface area contributed by atoms with E-state index in [1.54, 1.807) is 0 Å². The Hall–Kier alpha value is -2.54. The van der Waals surface area contributed by atoms with Crippen molar-refractivity contribution >= 4 is 29.2 Å². The van der Waals surface area contributed by atoms with E-state index in [0.29, 0.717) is 16.4 Å². The van der Waals surface area contributed by atoms with Crippen molar-refractivity contribution in [3.63, 3.8) is 0 Å². The zero-order valence-electron chi connectivity index (χ0n) is 10.8. The van der Waals surface area contributed by atoms with Crippen LogP contribution in [0, 0.1) is 5.82 Å². The van der Waals surface area contributed by atoms with Gasteiger partial charge in [-0.1, -0.05) is 11.6 Å². The van der Waals surface area contributed by atoms with Crippen LogP contribution in [-0.4, -0.2) is 28.5 Å². The number of nitrogens with two attached hydrogens (primary N) is 1. The Labute approximate surface area is 125 Å². The quantitative estimate of drug-likeness (QED) is 0.522. The molecule has 0 unspecified atom stereocenters. The van der Waals surface area contributed by atoms with Crippen LogP contribution in [0.2, 0.25) is 5.02 Å². The molecule has 0 atom stereocenters. The van der Waals surface area contributed by atoms with Gasteiger partial charge in [-0.3, -0.25) is 4.99 Å². The Balaban J connectivity index is 1.94. The van der Waals surface area contributed by atoms with Crippen molar-refractivity contribution in [3.05, 3.63) is 47.5 Å². The summed E-state index contributed by atoms with van der Waals surface area (Å²) in [5.41, 5.74) is 0.943. The fourth-order valence-electron chi connectivity index (χ4n) is 1.30. The largest absolute Gasteiger partial charge is 0.457 e. The molecule has 21 heavy (non-hydrogen) atoms. The van der Waals surface area contributed by atoms with E-state index in [4.69, 9.17) is 22.2 Å². The normalized spacial score (nSPS) is 11.8. The summed E-state index contributed by atoms with van der Waals surface area (Å²) in [6, 6.07) is 5.83. The van der Waals surface area contributed by atoms with Gasteiger partial charge in [0.15, 0.2) is 0 Å². The van der Waals surface area contributed by atoms with E-state index in [0.717, 1.165) is 0 Å². The molecule has 2 aromatic rings. The third-order valence-electron chi connectivity index (χ3n) is 2.30. The van der Waals surface area contributed by atoms with E-state index >= 15 is 0 Å². The number of benzene rings is 1. The van der Waals surface area contributed by atoms with Gasteiger partial charge < -0.3 is 10.6 Å². The molecule has 0 radical (unpaired) electrons. The van der Waals surface area contributed by atoms with Gasteiger partial charge in [0.2, 0.25) is 0 Å². The van der Waals surface area contributed by atoms with Crippen molar-refractivity contribution in [1.29, 1.82) is 0 Å². The summed E-state index contributed by atoms with van der Waals surface area (Å²) in [7, 11) is 0. The molecule has 0 saturated heterocycles. The molecular formula is C13H11ClFN5O. The molecule has 0 saturated carbocycles. The monoisotopic (exact) mass is 307 g/mol. The molecule has 0 bridgehead atoms. The molecular weight excluding hydrogens is 297 g/mol. The number of nitrogens with zero attached hydrogens (tertiary/aromatic N) is 4. The second-order valence-electron chi connectivity index (χ2n) is 3.83. The van der Waals surface area contributed by atoms with Crippen molar-refractivity contribution in [2.45, 2.75) is 0 Å². The standard InChI is InChI=1S/C13H11ClFN5O/c14-9-5-18-13(19-6-9)21-8-12(20-16)7-17-11-3-1-10(15)2-4-11/h1-7H,8,16H2. The lowest BCUT2D eigenvalue weighted by Gasteiger charge is -2.02. The highest BCUT2D eigenvalue weighted by Crippen LogP contribution is 2.11. The summed E-state index contributed by atoms with van der Waals surface area (Å²) in [6.45, 7) is 0.0445. The summed E-state index contributed by atoms with van der Waals surface area (Å²) in [6.07, 6.45) is 4.24. The van der Waals surface area contributed by atoms with Gasteiger partial charge in [0.05, 0.1) is 29.3 Å². The molecule has 1 aromatic carbocycles. The minimum absolute atomic E-state index is 0.0445. The molecule has 1 aromatic heterocycles. The third kappa shape index (κ3) is 4.81. The van der Waals surface area contributed by atoms with Crippen molar-refractivity contribution < 1.29 is 9.13 Å². The molecule has 8 heteroatoms. The maximum Gasteiger partial charge on any atom is 0.316 e. The predicted octanol–water partition coefficient (Wildman–Crippen LogP) is 2.37. The number of hydrazone groups is 1. The molecule has 6 nitrogen and oxygen atoms in total. The van der Waals surface area contributed by atoms with Crippen molar-refractivity contribution in [3.8, 4) is 6.01 Å². The van der Waals surface area contributed by atoms with E-state index in [2.05, 4.69) is 20.1 Å². The van der Waals surface area contributed by atoms with E-state index in [9.17, 15) is 4.39 Å². The Kier molecular flexibility index (Phi) is 5.16. The van der Waals surface area contributed by atoms with Gasteiger partial charge in [-0.05, 0) is 24.3 Å². The van der Waals surface area contributed by atoms with E-state index < -0.39 is 0 Å². The molecule has 0 aliphatic heterocycles. The Bertz CT molecular complexity index is 643. The van der Waals surface area contributed by atoms with Crippen LogP contribution in [0.25, 0.3) is 0 Å². The van der Waals surface area contributed by atoms with Crippen LogP contribution >= 0.6 is 11.6 Å². The summed E-state index contributed by atoms with van der Waals surface area (Å²) >= 11 is 5.66. The van der Waals surface area contributed by atoms with Crippen molar-refractivity contribution in [2.75, 3.05) is 6.61 Å². The maximum absolute atomic E-state index is 12.7. The van der Waals surface area contributed by atoms with Crippen molar-refractivity contribution in [1.82, 2.24) is 9.97 Å². The smallest absolute Gasteiger partial charge is 0.316 e. The zero-order valence-corrected chi connectivity index (χ0v) is 11.5. The average Bonchev–Trinajstić information content (AvgIpc) is 2.51. The minimum atomic E-state index is -0.329. The molecule has 0 amide bonds. The predicted molar refractivity (Wildman–Crippen MR) is 78.7 cm³/mol. The van der Waals surface area contributed by atoms with Crippen molar-refractivity contribution in [2.24, 2.45) is 15.9 Å². The van der Waals surface area contributed by atoms with E-state index in [-0.39, 0.29) is 18.4 Å². The van der Waals surface area contributed by atoms with Crippen LogP contribution in [0.4, 0.5) is 10.1 Å². The number of aromatic nitrogens is 2. The maximum atomic E-state index is 12.7. The van der Waals surface area contributed by atoms with Gasteiger partial charge in [0, 0.05) is 0 Å². The third-order valence-corrected chi connectivity index (χ3v) is 2.50. The highest BCUT2D eigenvalue weighted by molar-refractivity contribution is 6.31. The fraction of sp³-hybridized carbons (Fsp3) is 0.0769. The van der Waals surface area contributed by atoms with Gasteiger partial charge in [0.25, 0.3) is 0 Å². The van der Waals surface area contributed by atoms with Gasteiger partial charge in [0.1, 0.15) is 18.1 Å². The van der Waals surface area contributed by atoms with Gasteiger partial charge in [-0.15, -0.1) is 0 Å². The number of rotatable bonds is 5. The summed E-state index contributed by atoms with van der Waals surface area (Å²) in [5.74, 6) is 4.92. The van der Waals surface area contributed by atoms with Gasteiger partial charge in [-0.2, -0.15) is 5.10 Å². The number of ether oxygens (including phenoxy) is 1. The lowest BCUT2D eigenvalue weighted by molar-refractivity contribution is 0.346. The Morgan fingerprint density at radius 3 is 2.57 bits per heavy atom. The molecule has 0 aliphatic carbocycles. The van der Waals surface area contributed by atoms with Crippen LogP contribution in [0.5, 0.6) is 6.01 Å². The van der Waals surface area contributed by atoms with Crippen LogP contribution in [0.1, 0.15) is 0 Å². The first kappa shape index (κ1) is 14.9. The lowest BCUT2D eigenvalue weighted by Crippen LogP contribution is -2.15. The van der Waals surface area contributed by atoms with Gasteiger partial charge >= 0.3 is 6.01 Å². The number of aliphatic imine (C=N–C) groups is 1. The lowest BCUT2D eigenvalue weighted by atomic mass is 10.3. The highest BCUT2D eigenvalue weighted by atomic mass is 35.5. The van der Waals surface area contributed by atoms with Crippen LogP contribution in [0.15, 0.2) is 46.8 Å². The van der Waals surface area contributed by atoms with E-state index in [1.165, 1.54) is 42.9 Å². The van der Waals surface area contributed by atoms with Crippen LogP contribution in [0.3, 0.4) is 0 Å². The molecule has 1 heterocycles. The molecule has 2 N–H and O–H groups in total. The Morgan fingerprint density at radius 2 is 1.95 bits per heavy atom. The van der Waals surface area contributed by atoms with Gasteiger partial charge in [-0.25, -0.2) is 14.4 Å². The number of hydrogen-bond acceptors (Lipinski definition) is 6. The fourth-order valence-corrected chi connectivity index (χ4v) is 1.40. The molecule has 0 fully saturated rings. The molecule has 2 rings (SSSR count). The first-order chi connectivity index (χ1) is 10.2. The second-order valence-corrected chi connectivity index (χ2v) is 4.26. The summed E-state index contributed by atoms with van der Waals surface area (Å²) in [4.78, 5) is 11.8. The van der Waals surface area contributed by atoms with E-state index in [1.807, 2.05) is 0 Å². The minimum Gasteiger partial charge on any atom is -0.457 e. The summed E-state index contributed by atoms with van der Waals surface area (Å²) < 4.78 is 18.0. The summed E-state index contributed by atoms with van der Waals surface area (Å²) in [5, 5.41) is 3.95. The number of halogens is 2. The molecule has 108 valence electrons. The average molecular weight is 308 g/mol. The topological polar surface area (TPSA) is 85.8 Å². The zero-order chi connectivity index (χ0) is 15.1.